The second-order valence-corrected chi connectivity index (χ2v) is 6.06. The Morgan fingerprint density at radius 3 is 2.42 bits per heavy atom. The smallest absolute Gasteiger partial charge is 0.239 e. The van der Waals surface area contributed by atoms with Crippen LogP contribution in [0.5, 0.6) is 0 Å². The van der Waals surface area contributed by atoms with E-state index in [2.05, 4.69) is 10.3 Å². The number of nitrogens with zero attached hydrogens (tertiary/aromatic N) is 1. The summed E-state index contributed by atoms with van der Waals surface area (Å²) in [4.78, 5) is 16.2. The minimum Gasteiger partial charge on any atom is -0.304 e. The van der Waals surface area contributed by atoms with Gasteiger partial charge in [0.1, 0.15) is 5.82 Å². The van der Waals surface area contributed by atoms with Crippen LogP contribution in [0.1, 0.15) is 32.4 Å². The predicted octanol–water partition coefficient (Wildman–Crippen LogP) is 3.13. The molecule has 102 valence electrons. The highest BCUT2D eigenvalue weighted by atomic mass is 32.2. The SMILES string of the molecule is CC(C)C1SC(=N[C@H](C)c2ccc(F)cc2)NC1=O. The largest absolute Gasteiger partial charge is 0.304 e. The number of nitrogens with one attached hydrogen (secondary N) is 1. The van der Waals surface area contributed by atoms with Gasteiger partial charge in [-0.3, -0.25) is 9.79 Å². The molecule has 1 unspecified atom stereocenters. The Morgan fingerprint density at radius 1 is 1.26 bits per heavy atom. The first-order valence-electron chi connectivity index (χ1n) is 6.28. The maximum absolute atomic E-state index is 12.8. The standard InChI is InChI=1S/C14H17FN2OS/c1-8(2)12-13(18)17-14(19-12)16-9(3)10-4-6-11(15)7-5-10/h4-9,12H,1-3H3,(H,16,17,18)/t9-,12?/m1/s1. The molecule has 3 nitrogen and oxygen atoms in total. The number of hydrogen-bond acceptors (Lipinski definition) is 3. The van der Waals surface area contributed by atoms with Gasteiger partial charge in [-0.25, -0.2) is 4.39 Å². The van der Waals surface area contributed by atoms with Gasteiger partial charge in [0.15, 0.2) is 5.17 Å². The van der Waals surface area contributed by atoms with Crippen LogP contribution in [-0.2, 0) is 4.79 Å². The van der Waals surface area contributed by atoms with E-state index in [-0.39, 0.29) is 28.9 Å². The van der Waals surface area contributed by atoms with Crippen LogP contribution < -0.4 is 5.32 Å². The van der Waals surface area contributed by atoms with Gasteiger partial charge < -0.3 is 5.32 Å². The molecule has 1 aromatic rings. The van der Waals surface area contributed by atoms with Crippen molar-refractivity contribution in [2.75, 3.05) is 0 Å². The Labute approximate surface area is 116 Å². The second-order valence-electron chi connectivity index (χ2n) is 4.93. The minimum atomic E-state index is -0.257. The molecular formula is C14H17FN2OS. The van der Waals surface area contributed by atoms with Crippen molar-refractivity contribution in [3.63, 3.8) is 0 Å². The Hall–Kier alpha value is -1.36. The summed E-state index contributed by atoms with van der Waals surface area (Å²) < 4.78 is 12.8. The summed E-state index contributed by atoms with van der Waals surface area (Å²) in [5.41, 5.74) is 0.928. The molecule has 0 spiro atoms. The number of carbonyl (C=O) groups is 1. The number of carbonyl (C=O) groups excluding carboxylic acids is 1. The van der Waals surface area contributed by atoms with E-state index >= 15 is 0 Å². The van der Waals surface area contributed by atoms with Crippen molar-refractivity contribution in [3.05, 3.63) is 35.6 Å². The summed E-state index contributed by atoms with van der Waals surface area (Å²) in [5.74, 6) is 0.0379. The lowest BCUT2D eigenvalue weighted by atomic mass is 10.1. The first-order chi connectivity index (χ1) is 8.97. The summed E-state index contributed by atoms with van der Waals surface area (Å²) in [6.45, 7) is 5.96. The van der Waals surface area contributed by atoms with Crippen LogP contribution in [0.4, 0.5) is 4.39 Å². The number of rotatable bonds is 3. The average Bonchev–Trinajstić information content (AvgIpc) is 2.71. The number of halogens is 1. The number of benzene rings is 1. The lowest BCUT2D eigenvalue weighted by molar-refractivity contribution is -0.119. The van der Waals surface area contributed by atoms with Crippen molar-refractivity contribution in [1.29, 1.82) is 0 Å². The molecule has 1 fully saturated rings. The van der Waals surface area contributed by atoms with Crippen molar-refractivity contribution < 1.29 is 9.18 Å². The van der Waals surface area contributed by atoms with Crippen LogP contribution in [0.3, 0.4) is 0 Å². The number of amidine groups is 1. The van der Waals surface area contributed by atoms with E-state index < -0.39 is 0 Å². The molecule has 0 aliphatic carbocycles. The third-order valence-electron chi connectivity index (χ3n) is 3.00. The van der Waals surface area contributed by atoms with Crippen LogP contribution in [0.25, 0.3) is 0 Å². The van der Waals surface area contributed by atoms with Crippen molar-refractivity contribution >= 4 is 22.8 Å². The summed E-state index contributed by atoms with van der Waals surface area (Å²) in [6, 6.07) is 6.16. The van der Waals surface area contributed by atoms with E-state index in [1.807, 2.05) is 20.8 Å². The molecule has 1 aliphatic heterocycles. The van der Waals surface area contributed by atoms with Crippen LogP contribution >= 0.6 is 11.8 Å². The van der Waals surface area contributed by atoms with Crippen LogP contribution in [-0.4, -0.2) is 16.3 Å². The van der Waals surface area contributed by atoms with E-state index in [0.717, 1.165) is 5.56 Å². The van der Waals surface area contributed by atoms with Crippen LogP contribution in [0, 0.1) is 11.7 Å². The quantitative estimate of drug-likeness (QED) is 0.924. The van der Waals surface area contributed by atoms with Crippen LogP contribution in [0.2, 0.25) is 0 Å². The van der Waals surface area contributed by atoms with Gasteiger partial charge in [-0.15, -0.1) is 0 Å². The molecule has 19 heavy (non-hydrogen) atoms. The zero-order valence-corrected chi connectivity index (χ0v) is 12.0. The Bertz CT molecular complexity index is 499. The maximum Gasteiger partial charge on any atom is 0.239 e. The molecule has 0 saturated carbocycles. The van der Waals surface area contributed by atoms with Gasteiger partial charge >= 0.3 is 0 Å². The van der Waals surface area contributed by atoms with E-state index in [1.54, 1.807) is 12.1 Å². The Morgan fingerprint density at radius 2 is 1.89 bits per heavy atom. The fourth-order valence-corrected chi connectivity index (χ4v) is 2.93. The molecule has 1 amide bonds. The first kappa shape index (κ1) is 14.1. The molecule has 2 atom stereocenters. The van der Waals surface area contributed by atoms with Gasteiger partial charge in [0.25, 0.3) is 0 Å². The zero-order valence-electron chi connectivity index (χ0n) is 11.2. The molecule has 0 radical (unpaired) electrons. The fraction of sp³-hybridized carbons (Fsp3) is 0.429. The predicted molar refractivity (Wildman–Crippen MR) is 76.6 cm³/mol. The molecular weight excluding hydrogens is 263 g/mol. The fourth-order valence-electron chi connectivity index (χ4n) is 1.87. The van der Waals surface area contributed by atoms with Crippen LogP contribution in [0.15, 0.2) is 29.3 Å². The topological polar surface area (TPSA) is 41.5 Å². The van der Waals surface area contributed by atoms with Crippen molar-refractivity contribution in [2.24, 2.45) is 10.9 Å². The summed E-state index contributed by atoms with van der Waals surface area (Å²) in [6.07, 6.45) is 0. The van der Waals surface area contributed by atoms with Crippen molar-refractivity contribution in [2.45, 2.75) is 32.1 Å². The minimum absolute atomic E-state index is 0.0186. The molecule has 0 aromatic heterocycles. The van der Waals surface area contributed by atoms with E-state index in [9.17, 15) is 9.18 Å². The van der Waals surface area contributed by atoms with E-state index in [4.69, 9.17) is 0 Å². The Balaban J connectivity index is 2.10. The first-order valence-corrected chi connectivity index (χ1v) is 7.16. The van der Waals surface area contributed by atoms with Gasteiger partial charge in [-0.1, -0.05) is 37.7 Å². The second kappa shape index (κ2) is 5.74. The lowest BCUT2D eigenvalue weighted by Crippen LogP contribution is -2.27. The molecule has 1 aromatic carbocycles. The highest BCUT2D eigenvalue weighted by Crippen LogP contribution is 2.28. The molecule has 5 heteroatoms. The van der Waals surface area contributed by atoms with Gasteiger partial charge in [-0.05, 0) is 30.5 Å². The van der Waals surface area contributed by atoms with Crippen molar-refractivity contribution in [1.82, 2.24) is 5.32 Å². The third kappa shape index (κ3) is 3.35. The molecule has 1 N–H and O–H groups in total. The molecule has 1 aliphatic rings. The summed E-state index contributed by atoms with van der Waals surface area (Å²) in [7, 11) is 0. The Kier molecular flexibility index (Phi) is 4.24. The molecule has 0 bridgehead atoms. The molecule has 1 saturated heterocycles. The summed E-state index contributed by atoms with van der Waals surface area (Å²) in [5, 5.41) is 3.38. The monoisotopic (exact) mass is 280 g/mol. The maximum atomic E-state index is 12.8. The van der Waals surface area contributed by atoms with Gasteiger partial charge in [0, 0.05) is 0 Å². The number of aliphatic imine (C=N–C) groups is 1. The zero-order chi connectivity index (χ0) is 14.0. The number of hydrogen-bond donors (Lipinski definition) is 1. The normalized spacial score (nSPS) is 22.9. The summed E-state index contributed by atoms with van der Waals surface area (Å²) >= 11 is 1.47. The molecule has 1 heterocycles. The lowest BCUT2D eigenvalue weighted by Gasteiger charge is -2.09. The highest BCUT2D eigenvalue weighted by Gasteiger charge is 2.32. The number of amides is 1. The number of thioether (sulfide) groups is 1. The van der Waals surface area contributed by atoms with E-state index in [1.165, 1.54) is 23.9 Å². The van der Waals surface area contributed by atoms with E-state index in [0.29, 0.717) is 5.17 Å². The average molecular weight is 280 g/mol. The molecule has 2 rings (SSSR count). The third-order valence-corrected chi connectivity index (χ3v) is 4.44. The van der Waals surface area contributed by atoms with Gasteiger partial charge in [0.05, 0.1) is 11.3 Å². The highest BCUT2D eigenvalue weighted by molar-refractivity contribution is 8.15. The van der Waals surface area contributed by atoms with Crippen molar-refractivity contribution in [3.8, 4) is 0 Å². The van der Waals surface area contributed by atoms with Gasteiger partial charge in [0.2, 0.25) is 5.91 Å². The van der Waals surface area contributed by atoms with Gasteiger partial charge in [-0.2, -0.15) is 0 Å².